The Morgan fingerprint density at radius 1 is 1.37 bits per heavy atom. The number of likely N-dealkylation sites (tertiary alicyclic amines) is 1. The molecule has 1 aromatic carbocycles. The molecule has 0 saturated carbocycles. The van der Waals surface area contributed by atoms with Gasteiger partial charge in [0.15, 0.2) is 0 Å². The zero-order chi connectivity index (χ0) is 14.0. The van der Waals surface area contributed by atoms with E-state index in [1.54, 1.807) is 6.07 Å². The molecular formula is C15H23BrN2O. The number of benzene rings is 1. The van der Waals surface area contributed by atoms with Crippen molar-refractivity contribution in [3.8, 4) is 5.75 Å². The lowest BCUT2D eigenvalue weighted by Crippen LogP contribution is -2.48. The molecular weight excluding hydrogens is 304 g/mol. The van der Waals surface area contributed by atoms with E-state index in [-0.39, 0.29) is 6.04 Å². The van der Waals surface area contributed by atoms with E-state index in [0.29, 0.717) is 24.4 Å². The molecule has 2 rings (SSSR count). The van der Waals surface area contributed by atoms with Crippen molar-refractivity contribution in [1.29, 1.82) is 0 Å². The van der Waals surface area contributed by atoms with Gasteiger partial charge in [-0.3, -0.25) is 4.90 Å². The van der Waals surface area contributed by atoms with Gasteiger partial charge in [-0.25, -0.2) is 0 Å². The highest BCUT2D eigenvalue weighted by Crippen LogP contribution is 2.36. The fourth-order valence-corrected chi connectivity index (χ4v) is 3.64. The van der Waals surface area contributed by atoms with Crippen molar-refractivity contribution in [2.45, 2.75) is 51.2 Å². The van der Waals surface area contributed by atoms with E-state index in [2.05, 4.69) is 34.7 Å². The van der Waals surface area contributed by atoms with Crippen LogP contribution in [0.25, 0.3) is 0 Å². The summed E-state index contributed by atoms with van der Waals surface area (Å²) in [5.74, 6) is 0.337. The molecule has 1 aliphatic rings. The first-order valence-electron chi connectivity index (χ1n) is 7.00. The minimum atomic E-state index is 0.0859. The number of piperidine rings is 1. The van der Waals surface area contributed by atoms with Gasteiger partial charge in [-0.2, -0.15) is 0 Å². The van der Waals surface area contributed by atoms with E-state index in [0.717, 1.165) is 10.0 Å². The summed E-state index contributed by atoms with van der Waals surface area (Å²) in [7, 11) is 0. The molecule has 3 atom stereocenters. The molecule has 1 fully saturated rings. The van der Waals surface area contributed by atoms with Crippen LogP contribution >= 0.6 is 15.9 Å². The fourth-order valence-electron chi connectivity index (χ4n) is 3.26. The van der Waals surface area contributed by atoms with Crippen molar-refractivity contribution < 1.29 is 5.11 Å². The highest BCUT2D eigenvalue weighted by atomic mass is 79.9. The summed E-state index contributed by atoms with van der Waals surface area (Å²) in [6.45, 7) is 5.04. The standard InChI is InChI=1S/C15H23BrN2O/c1-10-4-3-5-11(2)18(10)14(9-17)13-8-12(16)6-7-15(13)19/h6-8,10-11,14,19H,3-5,9,17H2,1-2H3. The van der Waals surface area contributed by atoms with Crippen LogP contribution in [0, 0.1) is 0 Å². The van der Waals surface area contributed by atoms with Gasteiger partial charge in [0.2, 0.25) is 0 Å². The number of hydrogen-bond donors (Lipinski definition) is 2. The molecule has 0 spiro atoms. The Morgan fingerprint density at radius 2 is 2.00 bits per heavy atom. The molecule has 0 radical (unpaired) electrons. The molecule has 1 saturated heterocycles. The second-order valence-electron chi connectivity index (χ2n) is 5.53. The molecule has 4 heteroatoms. The fraction of sp³-hybridized carbons (Fsp3) is 0.600. The van der Waals surface area contributed by atoms with Gasteiger partial charge < -0.3 is 10.8 Å². The molecule has 3 N–H and O–H groups in total. The van der Waals surface area contributed by atoms with Crippen LogP contribution in [0.3, 0.4) is 0 Å². The number of rotatable bonds is 3. The molecule has 106 valence electrons. The monoisotopic (exact) mass is 326 g/mol. The predicted molar refractivity (Wildman–Crippen MR) is 82.2 cm³/mol. The molecule has 19 heavy (non-hydrogen) atoms. The summed E-state index contributed by atoms with van der Waals surface area (Å²) in [5, 5.41) is 10.1. The van der Waals surface area contributed by atoms with Crippen molar-refractivity contribution in [2.75, 3.05) is 6.54 Å². The summed E-state index contributed by atoms with van der Waals surface area (Å²) in [6, 6.07) is 6.69. The lowest BCUT2D eigenvalue weighted by Gasteiger charge is -2.44. The van der Waals surface area contributed by atoms with Crippen molar-refractivity contribution in [2.24, 2.45) is 5.73 Å². The predicted octanol–water partition coefficient (Wildman–Crippen LogP) is 3.42. The lowest BCUT2D eigenvalue weighted by atomic mass is 9.92. The number of phenols is 1. The Balaban J connectivity index is 2.35. The lowest BCUT2D eigenvalue weighted by molar-refractivity contribution is 0.0567. The van der Waals surface area contributed by atoms with Gasteiger partial charge in [0.25, 0.3) is 0 Å². The van der Waals surface area contributed by atoms with E-state index >= 15 is 0 Å². The molecule has 1 aromatic rings. The summed E-state index contributed by atoms with van der Waals surface area (Å²) in [5.41, 5.74) is 6.94. The van der Waals surface area contributed by atoms with Crippen molar-refractivity contribution in [3.05, 3.63) is 28.2 Å². The Kier molecular flexibility index (Phi) is 4.87. The number of halogens is 1. The molecule has 1 aliphatic heterocycles. The first-order chi connectivity index (χ1) is 9.04. The van der Waals surface area contributed by atoms with Crippen LogP contribution in [-0.2, 0) is 0 Å². The van der Waals surface area contributed by atoms with E-state index < -0.39 is 0 Å². The average Bonchev–Trinajstić information content (AvgIpc) is 2.37. The van der Waals surface area contributed by atoms with Crippen molar-refractivity contribution >= 4 is 15.9 Å². The molecule has 0 amide bonds. The highest BCUT2D eigenvalue weighted by molar-refractivity contribution is 9.10. The Bertz CT molecular complexity index is 428. The maximum absolute atomic E-state index is 10.1. The van der Waals surface area contributed by atoms with Gasteiger partial charge in [0.05, 0.1) is 6.04 Å². The van der Waals surface area contributed by atoms with E-state index in [1.165, 1.54) is 19.3 Å². The highest BCUT2D eigenvalue weighted by Gasteiger charge is 2.32. The third-order valence-electron chi connectivity index (χ3n) is 4.19. The number of nitrogens with two attached hydrogens (primary N) is 1. The van der Waals surface area contributed by atoms with Crippen molar-refractivity contribution in [3.63, 3.8) is 0 Å². The van der Waals surface area contributed by atoms with Gasteiger partial charge in [-0.1, -0.05) is 22.4 Å². The van der Waals surface area contributed by atoms with Crippen LogP contribution in [0.2, 0.25) is 0 Å². The van der Waals surface area contributed by atoms with Crippen LogP contribution in [0.1, 0.15) is 44.7 Å². The normalized spacial score (nSPS) is 26.3. The maximum atomic E-state index is 10.1. The molecule has 0 aliphatic carbocycles. The van der Waals surface area contributed by atoms with Gasteiger partial charge >= 0.3 is 0 Å². The van der Waals surface area contributed by atoms with Crippen LogP contribution in [0.5, 0.6) is 5.75 Å². The number of nitrogens with zero attached hydrogens (tertiary/aromatic N) is 1. The van der Waals surface area contributed by atoms with Gasteiger partial charge in [0, 0.05) is 28.7 Å². The molecule has 3 nitrogen and oxygen atoms in total. The van der Waals surface area contributed by atoms with Crippen LogP contribution < -0.4 is 5.73 Å². The Labute approximate surface area is 123 Å². The average molecular weight is 327 g/mol. The largest absolute Gasteiger partial charge is 0.508 e. The van der Waals surface area contributed by atoms with Crippen molar-refractivity contribution in [1.82, 2.24) is 4.90 Å². The molecule has 0 aromatic heterocycles. The minimum Gasteiger partial charge on any atom is -0.508 e. The summed E-state index contributed by atoms with van der Waals surface area (Å²) < 4.78 is 0.982. The third-order valence-corrected chi connectivity index (χ3v) is 4.69. The van der Waals surface area contributed by atoms with E-state index in [1.807, 2.05) is 12.1 Å². The number of hydrogen-bond acceptors (Lipinski definition) is 3. The molecule has 0 bridgehead atoms. The second-order valence-corrected chi connectivity index (χ2v) is 6.45. The third kappa shape index (κ3) is 3.12. The summed E-state index contributed by atoms with van der Waals surface area (Å²) in [6.07, 6.45) is 3.69. The Hall–Kier alpha value is -0.580. The van der Waals surface area contributed by atoms with Crippen LogP contribution in [0.15, 0.2) is 22.7 Å². The zero-order valence-electron chi connectivity index (χ0n) is 11.6. The topological polar surface area (TPSA) is 49.5 Å². The van der Waals surface area contributed by atoms with Crippen LogP contribution in [0.4, 0.5) is 0 Å². The quantitative estimate of drug-likeness (QED) is 0.894. The van der Waals surface area contributed by atoms with Gasteiger partial charge in [-0.05, 0) is 44.9 Å². The zero-order valence-corrected chi connectivity index (χ0v) is 13.2. The number of phenolic OH excluding ortho intramolecular Hbond substituents is 1. The first kappa shape index (κ1) is 14.8. The molecule has 1 heterocycles. The van der Waals surface area contributed by atoms with Gasteiger partial charge in [-0.15, -0.1) is 0 Å². The maximum Gasteiger partial charge on any atom is 0.120 e. The van der Waals surface area contributed by atoms with Crippen LogP contribution in [-0.4, -0.2) is 28.6 Å². The summed E-state index contributed by atoms with van der Waals surface area (Å²) >= 11 is 3.48. The Morgan fingerprint density at radius 3 is 2.58 bits per heavy atom. The first-order valence-corrected chi connectivity index (χ1v) is 7.79. The summed E-state index contributed by atoms with van der Waals surface area (Å²) in [4.78, 5) is 2.46. The SMILES string of the molecule is CC1CCCC(C)N1C(CN)c1cc(Br)ccc1O. The van der Waals surface area contributed by atoms with Gasteiger partial charge in [0.1, 0.15) is 5.75 Å². The number of aromatic hydroxyl groups is 1. The second kappa shape index (κ2) is 6.25. The van der Waals surface area contributed by atoms with E-state index in [9.17, 15) is 5.11 Å². The van der Waals surface area contributed by atoms with E-state index in [4.69, 9.17) is 5.73 Å². The minimum absolute atomic E-state index is 0.0859. The molecule has 3 unspecified atom stereocenters. The smallest absolute Gasteiger partial charge is 0.120 e.